The molecular weight excluding hydrogens is 364 g/mol. The molecule has 1 saturated heterocycles. The van der Waals surface area contributed by atoms with Crippen molar-refractivity contribution in [3.63, 3.8) is 0 Å². The Morgan fingerprint density at radius 1 is 0.963 bits per heavy atom. The standard InChI is InChI=1S/C20H24N2O4S/c1-14(23)18-6-7-19(27-18)20(24)22-10-8-21(9-11-22)13-15-4-5-16(25-2)17(12-15)26-3/h4-7,12H,8-11,13H2,1-3H3. The van der Waals surface area contributed by atoms with Crippen molar-refractivity contribution in [2.75, 3.05) is 40.4 Å². The van der Waals surface area contributed by atoms with Crippen LogP contribution in [0, 0.1) is 0 Å². The molecule has 1 fully saturated rings. The van der Waals surface area contributed by atoms with Gasteiger partial charge in [0.2, 0.25) is 0 Å². The highest BCUT2D eigenvalue weighted by Gasteiger charge is 2.23. The van der Waals surface area contributed by atoms with E-state index in [0.717, 1.165) is 36.7 Å². The molecule has 0 saturated carbocycles. The van der Waals surface area contributed by atoms with E-state index >= 15 is 0 Å². The third kappa shape index (κ3) is 4.48. The van der Waals surface area contributed by atoms with Crippen LogP contribution in [0.15, 0.2) is 30.3 Å². The summed E-state index contributed by atoms with van der Waals surface area (Å²) >= 11 is 1.27. The number of ketones is 1. The zero-order valence-electron chi connectivity index (χ0n) is 15.9. The maximum atomic E-state index is 12.6. The van der Waals surface area contributed by atoms with E-state index in [0.29, 0.717) is 22.8 Å². The van der Waals surface area contributed by atoms with Crippen LogP contribution in [-0.2, 0) is 6.54 Å². The molecule has 1 aromatic heterocycles. The summed E-state index contributed by atoms with van der Waals surface area (Å²) in [6.07, 6.45) is 0. The molecule has 1 aliphatic heterocycles. The Morgan fingerprint density at radius 3 is 2.22 bits per heavy atom. The van der Waals surface area contributed by atoms with Gasteiger partial charge in [-0.1, -0.05) is 6.07 Å². The molecule has 3 rings (SSSR count). The van der Waals surface area contributed by atoms with Crippen molar-refractivity contribution in [2.24, 2.45) is 0 Å². The average Bonchev–Trinajstić information content (AvgIpc) is 3.18. The molecule has 6 nitrogen and oxygen atoms in total. The molecule has 2 heterocycles. The predicted octanol–water partition coefficient (Wildman–Crippen LogP) is 2.93. The number of methoxy groups -OCH3 is 2. The number of hydrogen-bond acceptors (Lipinski definition) is 6. The van der Waals surface area contributed by atoms with Gasteiger partial charge in [0.1, 0.15) is 0 Å². The summed E-state index contributed by atoms with van der Waals surface area (Å²) in [5.41, 5.74) is 1.15. The highest BCUT2D eigenvalue weighted by atomic mass is 32.1. The second-order valence-electron chi connectivity index (χ2n) is 6.48. The van der Waals surface area contributed by atoms with E-state index in [9.17, 15) is 9.59 Å². The number of carbonyl (C=O) groups is 2. The lowest BCUT2D eigenvalue weighted by Crippen LogP contribution is -2.48. The van der Waals surface area contributed by atoms with Crippen molar-refractivity contribution in [2.45, 2.75) is 13.5 Å². The molecule has 144 valence electrons. The molecule has 0 aliphatic carbocycles. The minimum Gasteiger partial charge on any atom is -0.493 e. The number of thiophene rings is 1. The highest BCUT2D eigenvalue weighted by molar-refractivity contribution is 7.15. The van der Waals surface area contributed by atoms with E-state index in [2.05, 4.69) is 4.90 Å². The summed E-state index contributed by atoms with van der Waals surface area (Å²) < 4.78 is 10.6. The SMILES string of the molecule is COc1ccc(CN2CCN(C(=O)c3ccc(C(C)=O)s3)CC2)cc1OC. The molecule has 7 heteroatoms. The van der Waals surface area contributed by atoms with Gasteiger partial charge < -0.3 is 14.4 Å². The van der Waals surface area contributed by atoms with Crippen LogP contribution in [0.3, 0.4) is 0 Å². The first-order chi connectivity index (χ1) is 13.0. The number of amides is 1. The van der Waals surface area contributed by atoms with Gasteiger partial charge in [0.05, 0.1) is 24.0 Å². The molecule has 27 heavy (non-hydrogen) atoms. The predicted molar refractivity (Wildman–Crippen MR) is 105 cm³/mol. The first kappa shape index (κ1) is 19.4. The van der Waals surface area contributed by atoms with Crippen LogP contribution < -0.4 is 9.47 Å². The Bertz CT molecular complexity index is 825. The largest absolute Gasteiger partial charge is 0.493 e. The fourth-order valence-electron chi connectivity index (χ4n) is 3.14. The number of Topliss-reactive ketones (excluding diaryl/α,β-unsaturated/α-hetero) is 1. The number of hydrogen-bond donors (Lipinski definition) is 0. The maximum absolute atomic E-state index is 12.6. The molecule has 1 amide bonds. The number of piperazine rings is 1. The second-order valence-corrected chi connectivity index (χ2v) is 7.56. The topological polar surface area (TPSA) is 59.1 Å². The lowest BCUT2D eigenvalue weighted by molar-refractivity contribution is 0.0633. The van der Waals surface area contributed by atoms with E-state index in [1.807, 2.05) is 23.1 Å². The van der Waals surface area contributed by atoms with Gasteiger partial charge in [-0.25, -0.2) is 0 Å². The molecule has 1 aromatic carbocycles. The lowest BCUT2D eigenvalue weighted by atomic mass is 10.1. The Balaban J connectivity index is 1.57. The Morgan fingerprint density at radius 2 is 1.63 bits per heavy atom. The fourth-order valence-corrected chi connectivity index (χ4v) is 4.01. The molecule has 0 bridgehead atoms. The van der Waals surface area contributed by atoms with Crippen molar-refractivity contribution in [1.82, 2.24) is 9.80 Å². The van der Waals surface area contributed by atoms with E-state index in [1.165, 1.54) is 18.3 Å². The third-order valence-corrected chi connectivity index (χ3v) is 5.85. The molecule has 1 aliphatic rings. The summed E-state index contributed by atoms with van der Waals surface area (Å²) in [6, 6.07) is 9.42. The van der Waals surface area contributed by atoms with Crippen molar-refractivity contribution in [3.05, 3.63) is 45.6 Å². The van der Waals surface area contributed by atoms with Gasteiger partial charge in [-0.2, -0.15) is 0 Å². The smallest absolute Gasteiger partial charge is 0.264 e. The molecule has 2 aromatic rings. The molecule has 0 atom stereocenters. The quantitative estimate of drug-likeness (QED) is 0.712. The Hall–Kier alpha value is -2.38. The minimum atomic E-state index is -0.00112. The monoisotopic (exact) mass is 388 g/mol. The first-order valence-electron chi connectivity index (χ1n) is 8.85. The Labute approximate surface area is 163 Å². The van der Waals surface area contributed by atoms with Crippen LogP contribution in [-0.4, -0.2) is 61.9 Å². The summed E-state index contributed by atoms with van der Waals surface area (Å²) in [4.78, 5) is 29.5. The van der Waals surface area contributed by atoms with Gasteiger partial charge in [-0.15, -0.1) is 11.3 Å². The number of benzene rings is 1. The van der Waals surface area contributed by atoms with Crippen molar-refractivity contribution >= 4 is 23.0 Å². The molecular formula is C20H24N2O4S. The molecule has 0 N–H and O–H groups in total. The average molecular weight is 388 g/mol. The van der Waals surface area contributed by atoms with Crippen LogP contribution in [0.25, 0.3) is 0 Å². The van der Waals surface area contributed by atoms with E-state index in [1.54, 1.807) is 26.4 Å². The van der Waals surface area contributed by atoms with Crippen LogP contribution in [0.5, 0.6) is 11.5 Å². The number of ether oxygens (including phenoxy) is 2. The zero-order chi connectivity index (χ0) is 19.4. The second kappa shape index (κ2) is 8.54. The maximum Gasteiger partial charge on any atom is 0.264 e. The van der Waals surface area contributed by atoms with Crippen LogP contribution >= 0.6 is 11.3 Å². The number of rotatable bonds is 6. The van der Waals surface area contributed by atoms with Crippen LogP contribution in [0.1, 0.15) is 31.8 Å². The third-order valence-electron chi connectivity index (χ3n) is 4.68. The number of nitrogens with zero attached hydrogens (tertiary/aromatic N) is 2. The molecule has 0 unspecified atom stereocenters. The summed E-state index contributed by atoms with van der Waals surface area (Å²) in [5.74, 6) is 1.46. The summed E-state index contributed by atoms with van der Waals surface area (Å²) in [5, 5.41) is 0. The van der Waals surface area contributed by atoms with Gasteiger partial charge >= 0.3 is 0 Å². The van der Waals surface area contributed by atoms with Crippen LogP contribution in [0.4, 0.5) is 0 Å². The van der Waals surface area contributed by atoms with Crippen LogP contribution in [0.2, 0.25) is 0 Å². The van der Waals surface area contributed by atoms with E-state index in [4.69, 9.17) is 9.47 Å². The lowest BCUT2D eigenvalue weighted by Gasteiger charge is -2.34. The van der Waals surface area contributed by atoms with Gasteiger partial charge in [-0.05, 0) is 36.8 Å². The van der Waals surface area contributed by atoms with Crippen molar-refractivity contribution < 1.29 is 19.1 Å². The van der Waals surface area contributed by atoms with Gasteiger partial charge in [0, 0.05) is 32.7 Å². The van der Waals surface area contributed by atoms with Crippen molar-refractivity contribution in [1.29, 1.82) is 0 Å². The van der Waals surface area contributed by atoms with Crippen molar-refractivity contribution in [3.8, 4) is 11.5 Å². The van der Waals surface area contributed by atoms with Gasteiger partial charge in [-0.3, -0.25) is 14.5 Å². The Kier molecular flexibility index (Phi) is 6.13. The van der Waals surface area contributed by atoms with Gasteiger partial charge in [0.25, 0.3) is 5.91 Å². The highest BCUT2D eigenvalue weighted by Crippen LogP contribution is 2.28. The number of carbonyl (C=O) groups excluding carboxylic acids is 2. The summed E-state index contributed by atoms with van der Waals surface area (Å²) in [6.45, 7) is 5.30. The molecule has 0 spiro atoms. The summed E-state index contributed by atoms with van der Waals surface area (Å²) in [7, 11) is 3.26. The molecule has 0 radical (unpaired) electrons. The van der Waals surface area contributed by atoms with E-state index in [-0.39, 0.29) is 11.7 Å². The fraction of sp³-hybridized carbons (Fsp3) is 0.400. The van der Waals surface area contributed by atoms with E-state index < -0.39 is 0 Å². The normalized spacial score (nSPS) is 14.9. The first-order valence-corrected chi connectivity index (χ1v) is 9.66. The zero-order valence-corrected chi connectivity index (χ0v) is 16.7. The van der Waals surface area contributed by atoms with Gasteiger partial charge in [0.15, 0.2) is 17.3 Å². The minimum absolute atomic E-state index is 0.00112.